The molecule has 0 saturated heterocycles. The largest absolute Gasteiger partial charge is 0.0996 e. The van der Waals surface area contributed by atoms with Crippen molar-refractivity contribution in [3.63, 3.8) is 0 Å². The van der Waals surface area contributed by atoms with E-state index in [9.17, 15) is 0 Å². The van der Waals surface area contributed by atoms with Crippen LogP contribution in [0.3, 0.4) is 0 Å². The average Bonchev–Trinajstić information content (AvgIpc) is 1.82. The first-order chi connectivity index (χ1) is 3.60. The molecule has 0 aromatic rings. The van der Waals surface area contributed by atoms with Crippen LogP contribution in [0.2, 0.25) is 0 Å². The fraction of sp³-hybridized carbons (Fsp3) is 0.750. The van der Waals surface area contributed by atoms with E-state index in [2.05, 4.69) is 32.6 Å². The van der Waals surface area contributed by atoms with Crippen molar-refractivity contribution in [2.24, 2.45) is 11.3 Å². The second-order valence-electron chi connectivity index (χ2n) is 3.26. The maximum Gasteiger partial charge on any atom is 0.0270 e. The van der Waals surface area contributed by atoms with E-state index < -0.39 is 0 Å². The quantitative estimate of drug-likeness (QED) is 0.417. The second-order valence-corrected chi connectivity index (χ2v) is 3.26. The lowest BCUT2D eigenvalue weighted by Gasteiger charge is -2.12. The third-order valence-electron chi connectivity index (χ3n) is 1.47. The van der Waals surface area contributed by atoms with E-state index >= 15 is 0 Å². The van der Waals surface area contributed by atoms with Crippen molar-refractivity contribution in [2.75, 3.05) is 0 Å². The van der Waals surface area contributed by atoms with E-state index in [1.165, 1.54) is 6.42 Å². The molecule has 0 heterocycles. The van der Waals surface area contributed by atoms with Crippen LogP contribution in [0.1, 0.15) is 27.2 Å². The molecule has 0 aromatic carbocycles. The maximum absolute atomic E-state index is 3.20. The number of hydrogen-bond acceptors (Lipinski definition) is 0. The summed E-state index contributed by atoms with van der Waals surface area (Å²) in [6.07, 6.45) is 1.22. The fourth-order valence-corrected chi connectivity index (χ4v) is 1.19. The lowest BCUT2D eigenvalue weighted by atomic mass is 9.90. The molecule has 0 spiro atoms. The Bertz CT molecular complexity index is 143. The zero-order chi connectivity index (χ0) is 6.20. The molecule has 8 heavy (non-hydrogen) atoms. The topological polar surface area (TPSA) is 0 Å². The highest BCUT2D eigenvalue weighted by atomic mass is 14.2. The highest BCUT2D eigenvalue weighted by Crippen LogP contribution is 2.28. The van der Waals surface area contributed by atoms with Gasteiger partial charge in [0.2, 0.25) is 0 Å². The van der Waals surface area contributed by atoms with Gasteiger partial charge in [-0.25, -0.2) is 0 Å². The average molecular weight is 108 g/mol. The van der Waals surface area contributed by atoms with Crippen LogP contribution in [0, 0.1) is 23.2 Å². The molecular weight excluding hydrogens is 96.1 g/mol. The molecule has 0 radical (unpaired) electrons. The monoisotopic (exact) mass is 108 g/mol. The summed E-state index contributed by atoms with van der Waals surface area (Å²) in [7, 11) is 0. The van der Waals surface area contributed by atoms with Crippen LogP contribution in [-0.2, 0) is 0 Å². The summed E-state index contributed by atoms with van der Waals surface area (Å²) in [6, 6.07) is 0. The van der Waals surface area contributed by atoms with E-state index in [4.69, 9.17) is 0 Å². The minimum atomic E-state index is 0.305. The molecule has 0 N–H and O–H groups in total. The lowest BCUT2D eigenvalue weighted by molar-refractivity contribution is 0.434. The van der Waals surface area contributed by atoms with Crippen molar-refractivity contribution in [2.45, 2.75) is 27.2 Å². The van der Waals surface area contributed by atoms with Gasteiger partial charge in [-0.15, -0.1) is 0 Å². The van der Waals surface area contributed by atoms with E-state index in [1.807, 2.05) is 0 Å². The fourth-order valence-electron chi connectivity index (χ4n) is 1.19. The Morgan fingerprint density at radius 2 is 2.12 bits per heavy atom. The minimum Gasteiger partial charge on any atom is -0.0996 e. The molecule has 1 aliphatic carbocycles. The van der Waals surface area contributed by atoms with Crippen LogP contribution < -0.4 is 0 Å². The zero-order valence-electron chi connectivity index (χ0n) is 5.78. The Kier molecular flexibility index (Phi) is 1.08. The molecule has 1 aliphatic rings. The van der Waals surface area contributed by atoms with Gasteiger partial charge in [-0.1, -0.05) is 18.8 Å². The molecule has 0 aromatic heterocycles. The summed E-state index contributed by atoms with van der Waals surface area (Å²) in [5, 5.41) is 0. The van der Waals surface area contributed by atoms with Gasteiger partial charge in [0.25, 0.3) is 0 Å². The Morgan fingerprint density at radius 3 is 2.25 bits per heavy atom. The molecule has 0 nitrogen and oxygen atoms in total. The van der Waals surface area contributed by atoms with E-state index in [-0.39, 0.29) is 0 Å². The highest BCUT2D eigenvalue weighted by Gasteiger charge is 2.21. The van der Waals surface area contributed by atoms with Crippen LogP contribution >= 0.6 is 0 Å². The van der Waals surface area contributed by atoms with Crippen molar-refractivity contribution in [1.82, 2.24) is 0 Å². The van der Waals surface area contributed by atoms with Crippen LogP contribution in [0.15, 0.2) is 0 Å². The molecule has 1 rings (SSSR count). The minimum absolute atomic E-state index is 0.305. The van der Waals surface area contributed by atoms with Crippen LogP contribution in [0.25, 0.3) is 0 Å². The Balaban J connectivity index is 2.64. The summed E-state index contributed by atoms with van der Waals surface area (Å²) < 4.78 is 0. The molecule has 0 fully saturated rings. The number of hydrogen-bond donors (Lipinski definition) is 0. The molecule has 0 saturated carbocycles. The third-order valence-corrected chi connectivity index (χ3v) is 1.47. The molecule has 0 aliphatic heterocycles. The smallest absolute Gasteiger partial charge is 0.0270 e. The molecule has 44 valence electrons. The van der Waals surface area contributed by atoms with Gasteiger partial charge < -0.3 is 0 Å². The van der Waals surface area contributed by atoms with Gasteiger partial charge in [0.15, 0.2) is 0 Å². The van der Waals surface area contributed by atoms with Crippen molar-refractivity contribution < 1.29 is 0 Å². The highest BCUT2D eigenvalue weighted by molar-refractivity contribution is 5.18. The van der Waals surface area contributed by atoms with Gasteiger partial charge in [0.05, 0.1) is 0 Å². The van der Waals surface area contributed by atoms with Gasteiger partial charge in [0, 0.05) is 11.3 Å². The predicted octanol–water partition coefficient (Wildman–Crippen LogP) is 2.06. The zero-order valence-corrected chi connectivity index (χ0v) is 5.78. The van der Waals surface area contributed by atoms with E-state index in [0.29, 0.717) is 11.3 Å². The van der Waals surface area contributed by atoms with E-state index in [1.54, 1.807) is 0 Å². The predicted molar refractivity (Wildman–Crippen MR) is 35.3 cm³/mol. The van der Waals surface area contributed by atoms with Crippen molar-refractivity contribution in [1.29, 1.82) is 0 Å². The summed E-state index contributed by atoms with van der Waals surface area (Å²) >= 11 is 0. The number of rotatable bonds is 0. The summed E-state index contributed by atoms with van der Waals surface area (Å²) in [5.74, 6) is 6.98. The first kappa shape index (κ1) is 5.69. The Hall–Kier alpha value is -0.440. The SMILES string of the molecule is CC1C#CC(C)(C)C1. The van der Waals surface area contributed by atoms with Crippen LogP contribution in [0.4, 0.5) is 0 Å². The first-order valence-electron chi connectivity index (χ1n) is 3.13. The van der Waals surface area contributed by atoms with Crippen molar-refractivity contribution in [3.8, 4) is 11.8 Å². The Labute approximate surface area is 51.3 Å². The van der Waals surface area contributed by atoms with Crippen molar-refractivity contribution in [3.05, 3.63) is 0 Å². The maximum atomic E-state index is 3.20. The van der Waals surface area contributed by atoms with Crippen LogP contribution in [-0.4, -0.2) is 0 Å². The second kappa shape index (κ2) is 1.52. The van der Waals surface area contributed by atoms with Gasteiger partial charge >= 0.3 is 0 Å². The van der Waals surface area contributed by atoms with Crippen molar-refractivity contribution >= 4 is 0 Å². The summed E-state index contributed by atoms with van der Waals surface area (Å²) in [6.45, 7) is 6.58. The Morgan fingerprint density at radius 1 is 1.50 bits per heavy atom. The van der Waals surface area contributed by atoms with Gasteiger partial charge in [0.1, 0.15) is 0 Å². The van der Waals surface area contributed by atoms with E-state index in [0.717, 1.165) is 0 Å². The van der Waals surface area contributed by atoms with Gasteiger partial charge in [-0.3, -0.25) is 0 Å². The molecule has 1 atom stereocenters. The van der Waals surface area contributed by atoms with Crippen LogP contribution in [0.5, 0.6) is 0 Å². The molecule has 0 amide bonds. The summed E-state index contributed by atoms with van der Waals surface area (Å²) in [5.41, 5.74) is 0.305. The summed E-state index contributed by atoms with van der Waals surface area (Å²) in [4.78, 5) is 0. The molecule has 1 unspecified atom stereocenters. The normalized spacial score (nSPS) is 31.6. The van der Waals surface area contributed by atoms with Gasteiger partial charge in [-0.05, 0) is 20.3 Å². The standard InChI is InChI=1S/C8H12/c1-7-4-5-8(2,3)6-7/h7H,6H2,1-3H3. The lowest BCUT2D eigenvalue weighted by Crippen LogP contribution is -2.05. The van der Waals surface area contributed by atoms with Gasteiger partial charge in [-0.2, -0.15) is 0 Å². The first-order valence-corrected chi connectivity index (χ1v) is 3.13. The molecule has 0 heteroatoms. The molecular formula is C8H12. The molecule has 0 bridgehead atoms. The third kappa shape index (κ3) is 1.04.